The van der Waals surface area contributed by atoms with E-state index >= 15 is 0 Å². The van der Waals surface area contributed by atoms with E-state index in [2.05, 4.69) is 15.9 Å². The lowest BCUT2D eigenvalue weighted by molar-refractivity contribution is -0.182. The smallest absolute Gasteiger partial charge is 0.168 e. The predicted molar refractivity (Wildman–Crippen MR) is 83.1 cm³/mol. The molecule has 1 aromatic carbocycles. The van der Waals surface area contributed by atoms with Crippen LogP contribution >= 0.6 is 27.5 Å². The normalized spacial score (nSPS) is 25.4. The Morgan fingerprint density at radius 2 is 1.76 bits per heavy atom. The van der Waals surface area contributed by atoms with Crippen LogP contribution < -0.4 is 0 Å². The third kappa shape index (κ3) is 1.96. The fourth-order valence-electron chi connectivity index (χ4n) is 3.87. The van der Waals surface area contributed by atoms with E-state index in [1.807, 2.05) is 12.1 Å². The van der Waals surface area contributed by atoms with E-state index in [-0.39, 0.29) is 16.3 Å². The van der Waals surface area contributed by atoms with E-state index in [1.54, 1.807) is 6.07 Å². The van der Waals surface area contributed by atoms with Crippen LogP contribution in [-0.2, 0) is 14.9 Å². The molecule has 0 atom stereocenters. The maximum Gasteiger partial charge on any atom is 0.168 e. The molecule has 1 saturated carbocycles. The van der Waals surface area contributed by atoms with Gasteiger partial charge in [0.1, 0.15) is 5.82 Å². The Morgan fingerprint density at radius 1 is 1.10 bits per heavy atom. The van der Waals surface area contributed by atoms with E-state index in [0.29, 0.717) is 18.8 Å². The molecule has 0 bridgehead atoms. The highest BCUT2D eigenvalue weighted by Crippen LogP contribution is 2.56. The first-order valence-electron chi connectivity index (χ1n) is 7.20. The van der Waals surface area contributed by atoms with Gasteiger partial charge >= 0.3 is 0 Å². The summed E-state index contributed by atoms with van der Waals surface area (Å²) in [5.74, 6) is -0.733. The fourth-order valence-corrected chi connectivity index (χ4v) is 4.87. The first-order chi connectivity index (χ1) is 10.1. The Kier molecular flexibility index (Phi) is 3.23. The fraction of sp³-hybridized carbons (Fsp3) is 0.500. The summed E-state index contributed by atoms with van der Waals surface area (Å²) in [6.45, 7) is 1.34. The van der Waals surface area contributed by atoms with E-state index in [1.165, 1.54) is 0 Å². The Labute approximate surface area is 136 Å². The molecule has 21 heavy (non-hydrogen) atoms. The van der Waals surface area contributed by atoms with Crippen LogP contribution in [0.4, 0.5) is 4.39 Å². The third-order valence-electron chi connectivity index (χ3n) is 5.06. The van der Waals surface area contributed by atoms with Crippen LogP contribution in [0.25, 0.3) is 6.08 Å². The second-order valence-electron chi connectivity index (χ2n) is 6.00. The Balaban J connectivity index is 1.72. The van der Waals surface area contributed by atoms with Gasteiger partial charge in [0.2, 0.25) is 0 Å². The molecule has 0 radical (unpaired) electrons. The predicted octanol–water partition coefficient (Wildman–Crippen LogP) is 4.78. The number of benzene rings is 1. The average molecular weight is 374 g/mol. The first-order valence-corrected chi connectivity index (χ1v) is 8.38. The SMILES string of the molecule is Fc1c(Cl)ccc2c1C=C(Br)C21CCC2(CC1)OCCO2. The summed E-state index contributed by atoms with van der Waals surface area (Å²) in [5, 5.41) is 0.178. The van der Waals surface area contributed by atoms with Crippen LogP contribution in [0.1, 0.15) is 36.8 Å². The number of fused-ring (bicyclic) bond motifs is 2. The van der Waals surface area contributed by atoms with Gasteiger partial charge in [-0.05, 0) is 30.5 Å². The number of allylic oxidation sites excluding steroid dienone is 1. The van der Waals surface area contributed by atoms with Gasteiger partial charge in [-0.25, -0.2) is 4.39 Å². The van der Waals surface area contributed by atoms with Crippen LogP contribution in [-0.4, -0.2) is 19.0 Å². The number of hydrogen-bond donors (Lipinski definition) is 0. The Bertz CT molecular complexity index is 627. The molecule has 0 unspecified atom stereocenters. The van der Waals surface area contributed by atoms with E-state index in [0.717, 1.165) is 35.7 Å². The van der Waals surface area contributed by atoms with Crippen LogP contribution in [0.15, 0.2) is 16.6 Å². The van der Waals surface area contributed by atoms with Crippen molar-refractivity contribution in [1.29, 1.82) is 0 Å². The minimum atomic E-state index is -0.410. The van der Waals surface area contributed by atoms with Gasteiger partial charge in [0.25, 0.3) is 0 Å². The summed E-state index contributed by atoms with van der Waals surface area (Å²) < 4.78 is 26.9. The average Bonchev–Trinajstić information content (AvgIpc) is 3.03. The topological polar surface area (TPSA) is 18.5 Å². The maximum absolute atomic E-state index is 14.3. The number of hydrogen-bond acceptors (Lipinski definition) is 2. The zero-order chi connectivity index (χ0) is 14.7. The van der Waals surface area contributed by atoms with Gasteiger partial charge in [0, 0.05) is 28.3 Å². The minimum absolute atomic E-state index is 0.151. The molecular formula is C16H15BrClFO2. The summed E-state index contributed by atoms with van der Waals surface area (Å²) in [5.41, 5.74) is 1.50. The molecule has 3 aliphatic rings. The Hall–Kier alpha value is -0.420. The summed E-state index contributed by atoms with van der Waals surface area (Å²) >= 11 is 9.57. The van der Waals surface area contributed by atoms with Gasteiger partial charge in [-0.15, -0.1) is 0 Å². The van der Waals surface area contributed by atoms with Gasteiger partial charge in [-0.1, -0.05) is 33.6 Å². The molecule has 0 amide bonds. The number of halogens is 3. The molecule has 2 nitrogen and oxygen atoms in total. The second-order valence-corrected chi connectivity index (χ2v) is 7.27. The van der Waals surface area contributed by atoms with Crippen molar-refractivity contribution in [3.8, 4) is 0 Å². The van der Waals surface area contributed by atoms with Crippen LogP contribution in [0, 0.1) is 5.82 Å². The molecule has 112 valence electrons. The van der Waals surface area contributed by atoms with Crippen LogP contribution in [0.3, 0.4) is 0 Å². The van der Waals surface area contributed by atoms with Crippen molar-refractivity contribution in [3.05, 3.63) is 38.6 Å². The molecule has 5 heteroatoms. The lowest BCUT2D eigenvalue weighted by Crippen LogP contribution is -2.41. The standard InChI is InChI=1S/C16H15BrClFO2/c17-13-9-10-11(1-2-12(18)14(10)19)15(13)3-5-16(6-4-15)20-7-8-21-16/h1-2,9H,3-8H2. The molecule has 1 heterocycles. The minimum Gasteiger partial charge on any atom is -0.348 e. The zero-order valence-corrected chi connectivity index (χ0v) is 13.8. The van der Waals surface area contributed by atoms with Crippen molar-refractivity contribution in [2.75, 3.05) is 13.2 Å². The van der Waals surface area contributed by atoms with Crippen molar-refractivity contribution >= 4 is 33.6 Å². The van der Waals surface area contributed by atoms with Crippen LogP contribution in [0.2, 0.25) is 5.02 Å². The number of rotatable bonds is 0. The molecule has 1 aliphatic heterocycles. The molecule has 0 N–H and O–H groups in total. The molecular weight excluding hydrogens is 359 g/mol. The number of ether oxygens (including phenoxy) is 2. The molecule has 1 aromatic rings. The van der Waals surface area contributed by atoms with E-state index in [9.17, 15) is 4.39 Å². The van der Waals surface area contributed by atoms with Gasteiger partial charge < -0.3 is 9.47 Å². The quantitative estimate of drug-likeness (QED) is 0.651. The highest BCUT2D eigenvalue weighted by atomic mass is 79.9. The van der Waals surface area contributed by atoms with Crippen LogP contribution in [0.5, 0.6) is 0 Å². The lowest BCUT2D eigenvalue weighted by atomic mass is 9.69. The Morgan fingerprint density at radius 3 is 2.43 bits per heavy atom. The first kappa shape index (κ1) is 14.2. The third-order valence-corrected chi connectivity index (χ3v) is 6.34. The summed E-state index contributed by atoms with van der Waals surface area (Å²) in [6, 6.07) is 3.61. The highest BCUT2D eigenvalue weighted by Gasteiger charge is 2.50. The maximum atomic E-state index is 14.3. The van der Waals surface area contributed by atoms with Gasteiger partial charge in [0.05, 0.1) is 18.2 Å². The summed E-state index contributed by atoms with van der Waals surface area (Å²) in [7, 11) is 0. The van der Waals surface area contributed by atoms with E-state index in [4.69, 9.17) is 21.1 Å². The molecule has 4 rings (SSSR count). The van der Waals surface area contributed by atoms with E-state index < -0.39 is 5.79 Å². The van der Waals surface area contributed by atoms with Crippen molar-refractivity contribution in [3.63, 3.8) is 0 Å². The van der Waals surface area contributed by atoms with Gasteiger partial charge in [-0.3, -0.25) is 0 Å². The second kappa shape index (κ2) is 4.79. The molecule has 2 fully saturated rings. The summed E-state index contributed by atoms with van der Waals surface area (Å²) in [4.78, 5) is 0. The zero-order valence-electron chi connectivity index (χ0n) is 11.4. The lowest BCUT2D eigenvalue weighted by Gasteiger charge is -2.42. The van der Waals surface area contributed by atoms with Crippen molar-refractivity contribution in [2.45, 2.75) is 36.9 Å². The molecule has 0 aromatic heterocycles. The highest BCUT2D eigenvalue weighted by molar-refractivity contribution is 9.11. The largest absolute Gasteiger partial charge is 0.348 e. The van der Waals surface area contributed by atoms with Gasteiger partial charge in [0.15, 0.2) is 5.79 Å². The van der Waals surface area contributed by atoms with Gasteiger partial charge in [-0.2, -0.15) is 0 Å². The van der Waals surface area contributed by atoms with Crippen molar-refractivity contribution in [2.24, 2.45) is 0 Å². The molecule has 2 spiro atoms. The molecule has 1 saturated heterocycles. The molecule has 2 aliphatic carbocycles. The van der Waals surface area contributed by atoms with Crippen molar-refractivity contribution in [1.82, 2.24) is 0 Å². The summed E-state index contributed by atoms with van der Waals surface area (Å²) in [6.07, 6.45) is 5.32. The monoisotopic (exact) mass is 372 g/mol. The van der Waals surface area contributed by atoms with Crippen molar-refractivity contribution < 1.29 is 13.9 Å².